The van der Waals surface area contributed by atoms with Gasteiger partial charge in [-0.2, -0.15) is 0 Å². The van der Waals surface area contributed by atoms with E-state index in [0.29, 0.717) is 0 Å². The van der Waals surface area contributed by atoms with Gasteiger partial charge in [-0.05, 0) is 30.7 Å². The van der Waals surface area contributed by atoms with E-state index in [1.807, 2.05) is 31.2 Å². The van der Waals surface area contributed by atoms with E-state index in [2.05, 4.69) is 10.9 Å². The molecule has 2 N–H and O–H groups in total. The first kappa shape index (κ1) is 16.0. The second-order valence-corrected chi connectivity index (χ2v) is 5.55. The summed E-state index contributed by atoms with van der Waals surface area (Å²) in [6, 6.07) is 13.3. The summed E-state index contributed by atoms with van der Waals surface area (Å²) in [5, 5.41) is 0. The van der Waals surface area contributed by atoms with Gasteiger partial charge < -0.3 is 0 Å². The Labute approximate surface area is 132 Å². The largest absolute Gasteiger partial charge is 0.272 e. The third-order valence-electron chi connectivity index (χ3n) is 2.89. The van der Waals surface area contributed by atoms with Gasteiger partial charge in [0, 0.05) is 4.90 Å². The standard InChI is InChI=1S/C16H15FN2O2S/c1-11-6-2-5-9-14(11)22-10-15(20)18-19-16(21)12-7-3-4-8-13(12)17/h2-9H,10H2,1H3,(H,18,20)(H,19,21). The van der Waals surface area contributed by atoms with Gasteiger partial charge in [-0.1, -0.05) is 30.3 Å². The molecule has 6 heteroatoms. The third-order valence-corrected chi connectivity index (χ3v) is 4.06. The predicted molar refractivity (Wildman–Crippen MR) is 83.9 cm³/mol. The highest BCUT2D eigenvalue weighted by Gasteiger charge is 2.11. The lowest BCUT2D eigenvalue weighted by atomic mass is 10.2. The Kier molecular flexibility index (Phi) is 5.55. The summed E-state index contributed by atoms with van der Waals surface area (Å²) >= 11 is 1.37. The van der Waals surface area contributed by atoms with Gasteiger partial charge in [0.2, 0.25) is 5.91 Å². The van der Waals surface area contributed by atoms with Crippen molar-refractivity contribution in [2.24, 2.45) is 0 Å². The van der Waals surface area contributed by atoms with Gasteiger partial charge >= 0.3 is 0 Å². The quantitative estimate of drug-likeness (QED) is 0.673. The fraction of sp³-hybridized carbons (Fsp3) is 0.125. The topological polar surface area (TPSA) is 58.2 Å². The minimum atomic E-state index is -0.688. The molecule has 114 valence electrons. The maximum atomic E-state index is 13.4. The van der Waals surface area contributed by atoms with Gasteiger partial charge in [-0.15, -0.1) is 11.8 Å². The van der Waals surface area contributed by atoms with Crippen LogP contribution < -0.4 is 10.9 Å². The van der Waals surface area contributed by atoms with E-state index in [-0.39, 0.29) is 17.2 Å². The molecule has 0 aliphatic rings. The van der Waals surface area contributed by atoms with Gasteiger partial charge in [-0.3, -0.25) is 20.4 Å². The normalized spacial score (nSPS) is 10.1. The van der Waals surface area contributed by atoms with E-state index in [1.54, 1.807) is 6.07 Å². The van der Waals surface area contributed by atoms with Crippen molar-refractivity contribution >= 4 is 23.6 Å². The number of aryl methyl sites for hydroxylation is 1. The SMILES string of the molecule is Cc1ccccc1SCC(=O)NNC(=O)c1ccccc1F. The van der Waals surface area contributed by atoms with E-state index in [0.717, 1.165) is 10.5 Å². The molecule has 0 saturated heterocycles. The van der Waals surface area contributed by atoms with Gasteiger partial charge in [0.15, 0.2) is 0 Å². The maximum Gasteiger partial charge on any atom is 0.272 e. The first-order valence-electron chi connectivity index (χ1n) is 6.60. The molecule has 0 aliphatic carbocycles. The molecule has 0 fully saturated rings. The number of halogens is 1. The van der Waals surface area contributed by atoms with Gasteiger partial charge in [-0.25, -0.2) is 4.39 Å². The minimum Gasteiger partial charge on any atom is -0.272 e. The van der Waals surface area contributed by atoms with E-state index in [9.17, 15) is 14.0 Å². The highest BCUT2D eigenvalue weighted by Crippen LogP contribution is 2.21. The molecule has 0 heterocycles. The number of hydrazine groups is 1. The molecule has 2 rings (SSSR count). The number of amides is 2. The first-order valence-corrected chi connectivity index (χ1v) is 7.58. The van der Waals surface area contributed by atoms with E-state index in [1.165, 1.54) is 30.0 Å². The highest BCUT2D eigenvalue weighted by molar-refractivity contribution is 8.00. The Morgan fingerprint density at radius 2 is 1.73 bits per heavy atom. The van der Waals surface area contributed by atoms with Crippen molar-refractivity contribution in [1.82, 2.24) is 10.9 Å². The molecule has 0 radical (unpaired) electrons. The molecular formula is C16H15FN2O2S. The summed E-state index contributed by atoms with van der Waals surface area (Å²) < 4.78 is 13.4. The number of carbonyl (C=O) groups is 2. The smallest absolute Gasteiger partial charge is 0.272 e. The summed E-state index contributed by atoms with van der Waals surface area (Å²) in [4.78, 5) is 24.4. The Bertz CT molecular complexity index is 691. The number of benzene rings is 2. The Balaban J connectivity index is 1.82. The first-order chi connectivity index (χ1) is 10.6. The van der Waals surface area contributed by atoms with Crippen molar-refractivity contribution < 1.29 is 14.0 Å². The number of rotatable bonds is 4. The minimum absolute atomic E-state index is 0.116. The molecule has 0 aliphatic heterocycles. The van der Waals surface area contributed by atoms with Crippen molar-refractivity contribution in [2.75, 3.05) is 5.75 Å². The monoisotopic (exact) mass is 318 g/mol. The average Bonchev–Trinajstić information content (AvgIpc) is 2.52. The summed E-state index contributed by atoms with van der Waals surface area (Å²) in [7, 11) is 0. The fourth-order valence-electron chi connectivity index (χ4n) is 1.74. The molecule has 0 saturated carbocycles. The predicted octanol–water partition coefficient (Wildman–Crippen LogP) is 2.69. The second-order valence-electron chi connectivity index (χ2n) is 4.54. The lowest BCUT2D eigenvalue weighted by Gasteiger charge is -2.08. The van der Waals surface area contributed by atoms with Crippen LogP contribution in [-0.2, 0) is 4.79 Å². The van der Waals surface area contributed by atoms with Crippen LogP contribution in [0.3, 0.4) is 0 Å². The zero-order chi connectivity index (χ0) is 15.9. The van der Waals surface area contributed by atoms with Crippen molar-refractivity contribution in [1.29, 1.82) is 0 Å². The van der Waals surface area contributed by atoms with Gasteiger partial charge in [0.25, 0.3) is 5.91 Å². The van der Waals surface area contributed by atoms with Crippen molar-refractivity contribution in [3.8, 4) is 0 Å². The number of carbonyl (C=O) groups excluding carboxylic acids is 2. The van der Waals surface area contributed by atoms with Gasteiger partial charge in [0.05, 0.1) is 11.3 Å². The molecule has 2 amide bonds. The van der Waals surface area contributed by atoms with Crippen LogP contribution in [0.1, 0.15) is 15.9 Å². The van der Waals surface area contributed by atoms with Crippen LogP contribution in [0.25, 0.3) is 0 Å². The number of nitrogens with one attached hydrogen (secondary N) is 2. The molecule has 0 bridgehead atoms. The van der Waals surface area contributed by atoms with Crippen LogP contribution in [0.4, 0.5) is 4.39 Å². The lowest BCUT2D eigenvalue weighted by Crippen LogP contribution is -2.42. The van der Waals surface area contributed by atoms with Gasteiger partial charge in [0.1, 0.15) is 5.82 Å². The van der Waals surface area contributed by atoms with E-state index >= 15 is 0 Å². The van der Waals surface area contributed by atoms with Crippen LogP contribution in [0.15, 0.2) is 53.4 Å². The average molecular weight is 318 g/mol. The number of thioether (sulfide) groups is 1. The molecule has 0 aromatic heterocycles. The Morgan fingerprint density at radius 3 is 2.45 bits per heavy atom. The number of hydrogen-bond acceptors (Lipinski definition) is 3. The fourth-order valence-corrected chi connectivity index (χ4v) is 2.57. The number of hydrogen-bond donors (Lipinski definition) is 2. The van der Waals surface area contributed by atoms with Crippen molar-refractivity contribution in [2.45, 2.75) is 11.8 Å². The lowest BCUT2D eigenvalue weighted by molar-refractivity contribution is -0.119. The van der Waals surface area contributed by atoms with Crippen LogP contribution >= 0.6 is 11.8 Å². The zero-order valence-corrected chi connectivity index (χ0v) is 12.7. The molecule has 4 nitrogen and oxygen atoms in total. The molecule has 0 unspecified atom stereocenters. The zero-order valence-electron chi connectivity index (χ0n) is 11.9. The summed E-state index contributed by atoms with van der Waals surface area (Å²) in [6.45, 7) is 1.96. The molecule has 0 atom stereocenters. The van der Waals surface area contributed by atoms with Crippen molar-refractivity contribution in [3.63, 3.8) is 0 Å². The van der Waals surface area contributed by atoms with Crippen LogP contribution in [0, 0.1) is 12.7 Å². The molecule has 0 spiro atoms. The molecule has 22 heavy (non-hydrogen) atoms. The Hall–Kier alpha value is -2.34. The van der Waals surface area contributed by atoms with Crippen molar-refractivity contribution in [3.05, 3.63) is 65.5 Å². The summed E-state index contributed by atoms with van der Waals surface area (Å²) in [6.07, 6.45) is 0. The van der Waals surface area contributed by atoms with Crippen LogP contribution in [0.2, 0.25) is 0 Å². The summed E-state index contributed by atoms with van der Waals surface area (Å²) in [5.41, 5.74) is 5.43. The van der Waals surface area contributed by atoms with E-state index < -0.39 is 11.7 Å². The highest BCUT2D eigenvalue weighted by atomic mass is 32.2. The molecule has 2 aromatic rings. The third kappa shape index (κ3) is 4.33. The maximum absolute atomic E-state index is 13.4. The molecular weight excluding hydrogens is 303 g/mol. The summed E-state index contributed by atoms with van der Waals surface area (Å²) in [5.74, 6) is -1.53. The van der Waals surface area contributed by atoms with Crippen LogP contribution in [0.5, 0.6) is 0 Å². The second kappa shape index (κ2) is 7.61. The van der Waals surface area contributed by atoms with Crippen LogP contribution in [-0.4, -0.2) is 17.6 Å². The molecule has 2 aromatic carbocycles. The Morgan fingerprint density at radius 1 is 1.05 bits per heavy atom. The van der Waals surface area contributed by atoms with E-state index in [4.69, 9.17) is 0 Å².